The summed E-state index contributed by atoms with van der Waals surface area (Å²) < 4.78 is 1.78. The lowest BCUT2D eigenvalue weighted by Crippen LogP contribution is -1.94. The Hall–Kier alpha value is -2.16. The summed E-state index contributed by atoms with van der Waals surface area (Å²) in [6, 6.07) is 9.23. The summed E-state index contributed by atoms with van der Waals surface area (Å²) in [6.07, 6.45) is 5.14. The topological polar surface area (TPSA) is 34.9 Å². The minimum Gasteiger partial charge on any atom is -0.289 e. The fourth-order valence-electron chi connectivity index (χ4n) is 1.54. The second-order valence-corrected chi connectivity index (χ2v) is 3.87. The van der Waals surface area contributed by atoms with Gasteiger partial charge in [-0.25, -0.2) is 0 Å². The zero-order valence-electron chi connectivity index (χ0n) is 9.92. The van der Waals surface area contributed by atoms with Gasteiger partial charge in [-0.1, -0.05) is 30.3 Å². The number of ketones is 1. The van der Waals surface area contributed by atoms with Gasteiger partial charge in [-0.15, -0.1) is 0 Å². The van der Waals surface area contributed by atoms with Crippen LogP contribution in [0.5, 0.6) is 0 Å². The predicted molar refractivity (Wildman–Crippen MR) is 67.8 cm³/mol. The Balaban J connectivity index is 2.17. The molecule has 17 heavy (non-hydrogen) atoms. The van der Waals surface area contributed by atoms with Crippen molar-refractivity contribution in [2.75, 3.05) is 0 Å². The normalized spacial score (nSPS) is 10.9. The SMILES string of the molecule is Cc1c(C=CC(=O)c2ccccc2)cnn1C. The smallest absolute Gasteiger partial charge is 0.185 e. The molecule has 0 aliphatic rings. The highest BCUT2D eigenvalue weighted by molar-refractivity contribution is 6.06. The summed E-state index contributed by atoms with van der Waals surface area (Å²) in [5, 5.41) is 4.12. The average Bonchev–Trinajstić information content (AvgIpc) is 2.68. The largest absolute Gasteiger partial charge is 0.289 e. The molecule has 0 amide bonds. The molecular weight excluding hydrogens is 212 g/mol. The molecule has 0 fully saturated rings. The molecule has 0 saturated heterocycles. The second-order valence-electron chi connectivity index (χ2n) is 3.87. The summed E-state index contributed by atoms with van der Waals surface area (Å²) in [6.45, 7) is 1.97. The van der Waals surface area contributed by atoms with Crippen LogP contribution in [0.2, 0.25) is 0 Å². The third-order valence-electron chi connectivity index (χ3n) is 2.75. The fourth-order valence-corrected chi connectivity index (χ4v) is 1.54. The lowest BCUT2D eigenvalue weighted by atomic mass is 10.1. The van der Waals surface area contributed by atoms with E-state index in [9.17, 15) is 4.79 Å². The lowest BCUT2D eigenvalue weighted by Gasteiger charge is -1.95. The summed E-state index contributed by atoms with van der Waals surface area (Å²) >= 11 is 0. The van der Waals surface area contributed by atoms with Gasteiger partial charge in [-0.3, -0.25) is 9.48 Å². The van der Waals surface area contributed by atoms with E-state index in [4.69, 9.17) is 0 Å². The van der Waals surface area contributed by atoms with Gasteiger partial charge in [0.2, 0.25) is 0 Å². The molecule has 0 radical (unpaired) electrons. The molecule has 1 aromatic heterocycles. The Morgan fingerprint density at radius 3 is 2.59 bits per heavy atom. The van der Waals surface area contributed by atoms with Gasteiger partial charge in [-0.05, 0) is 19.1 Å². The molecule has 3 nitrogen and oxygen atoms in total. The van der Waals surface area contributed by atoms with E-state index in [2.05, 4.69) is 5.10 Å². The van der Waals surface area contributed by atoms with Crippen molar-refractivity contribution in [3.05, 3.63) is 59.4 Å². The summed E-state index contributed by atoms with van der Waals surface area (Å²) in [7, 11) is 1.88. The highest BCUT2D eigenvalue weighted by atomic mass is 16.1. The number of aryl methyl sites for hydroxylation is 1. The third-order valence-corrected chi connectivity index (χ3v) is 2.75. The Morgan fingerprint density at radius 2 is 2.00 bits per heavy atom. The molecule has 0 unspecified atom stereocenters. The van der Waals surface area contributed by atoms with Crippen LogP contribution in [0.4, 0.5) is 0 Å². The summed E-state index contributed by atoms with van der Waals surface area (Å²) in [5.74, 6) is 0.00820. The fraction of sp³-hybridized carbons (Fsp3) is 0.143. The molecule has 86 valence electrons. The maximum Gasteiger partial charge on any atom is 0.185 e. The molecule has 2 aromatic rings. The van der Waals surface area contributed by atoms with E-state index in [-0.39, 0.29) is 5.78 Å². The van der Waals surface area contributed by atoms with Crippen LogP contribution >= 0.6 is 0 Å². The van der Waals surface area contributed by atoms with Crippen LogP contribution in [0.1, 0.15) is 21.6 Å². The van der Waals surface area contributed by atoms with Crippen LogP contribution in [0, 0.1) is 6.92 Å². The number of hydrogen-bond acceptors (Lipinski definition) is 2. The molecule has 0 atom stereocenters. The standard InChI is InChI=1S/C14H14N2O/c1-11-13(10-15-16(11)2)8-9-14(17)12-6-4-3-5-7-12/h3-10H,1-2H3. The molecule has 1 heterocycles. The van der Waals surface area contributed by atoms with Crippen molar-refractivity contribution in [2.24, 2.45) is 7.05 Å². The second kappa shape index (κ2) is 4.78. The van der Waals surface area contributed by atoms with Crippen LogP contribution < -0.4 is 0 Å². The van der Waals surface area contributed by atoms with E-state index in [1.807, 2.05) is 44.3 Å². The molecule has 0 aliphatic carbocycles. The number of carbonyl (C=O) groups is 1. The predicted octanol–water partition coefficient (Wildman–Crippen LogP) is 2.62. The first-order valence-electron chi connectivity index (χ1n) is 5.44. The number of nitrogens with zero attached hydrogens (tertiary/aromatic N) is 2. The highest BCUT2D eigenvalue weighted by Crippen LogP contribution is 2.09. The first-order valence-corrected chi connectivity index (χ1v) is 5.44. The van der Waals surface area contributed by atoms with Gasteiger partial charge in [0.15, 0.2) is 5.78 Å². The Labute approximate surface area is 100 Å². The van der Waals surface area contributed by atoms with Crippen LogP contribution in [0.25, 0.3) is 6.08 Å². The minimum absolute atomic E-state index is 0.00820. The first kappa shape index (κ1) is 11.3. The summed E-state index contributed by atoms with van der Waals surface area (Å²) in [5.41, 5.74) is 2.71. The molecule has 0 saturated carbocycles. The van der Waals surface area contributed by atoms with E-state index < -0.39 is 0 Å². The van der Waals surface area contributed by atoms with Gasteiger partial charge < -0.3 is 0 Å². The van der Waals surface area contributed by atoms with Crippen LogP contribution in [-0.2, 0) is 7.05 Å². The molecule has 0 aliphatic heterocycles. The quantitative estimate of drug-likeness (QED) is 0.595. The Kier molecular flexibility index (Phi) is 3.19. The van der Waals surface area contributed by atoms with Gasteiger partial charge >= 0.3 is 0 Å². The van der Waals surface area contributed by atoms with Gasteiger partial charge in [0.05, 0.1) is 6.20 Å². The zero-order chi connectivity index (χ0) is 12.3. The van der Waals surface area contributed by atoms with E-state index in [1.54, 1.807) is 23.0 Å². The van der Waals surface area contributed by atoms with E-state index >= 15 is 0 Å². The summed E-state index contributed by atoms with van der Waals surface area (Å²) in [4.78, 5) is 11.8. The van der Waals surface area contributed by atoms with Gasteiger partial charge in [-0.2, -0.15) is 5.10 Å². The lowest BCUT2D eigenvalue weighted by molar-refractivity contribution is 0.104. The minimum atomic E-state index is 0.00820. The number of rotatable bonds is 3. The van der Waals surface area contributed by atoms with Crippen molar-refractivity contribution in [1.29, 1.82) is 0 Å². The van der Waals surface area contributed by atoms with Gasteiger partial charge in [0.1, 0.15) is 0 Å². The molecule has 0 N–H and O–H groups in total. The maximum absolute atomic E-state index is 11.8. The number of hydrogen-bond donors (Lipinski definition) is 0. The van der Waals surface area contributed by atoms with E-state index in [1.165, 1.54) is 0 Å². The van der Waals surface area contributed by atoms with Gasteiger partial charge in [0.25, 0.3) is 0 Å². The van der Waals surface area contributed by atoms with Crippen molar-refractivity contribution >= 4 is 11.9 Å². The molecular formula is C14H14N2O. The van der Waals surface area contributed by atoms with Gasteiger partial charge in [0, 0.05) is 23.9 Å². The van der Waals surface area contributed by atoms with Crippen LogP contribution in [-0.4, -0.2) is 15.6 Å². The molecule has 1 aromatic carbocycles. The number of carbonyl (C=O) groups excluding carboxylic acids is 1. The monoisotopic (exact) mass is 226 g/mol. The molecule has 0 spiro atoms. The van der Waals surface area contributed by atoms with Crippen molar-refractivity contribution in [3.8, 4) is 0 Å². The number of allylic oxidation sites excluding steroid dienone is 1. The van der Waals surface area contributed by atoms with E-state index in [0.717, 1.165) is 11.3 Å². The van der Waals surface area contributed by atoms with Crippen LogP contribution in [0.3, 0.4) is 0 Å². The van der Waals surface area contributed by atoms with Crippen molar-refractivity contribution in [1.82, 2.24) is 9.78 Å². The third kappa shape index (κ3) is 2.50. The molecule has 0 bridgehead atoms. The molecule has 2 rings (SSSR count). The average molecular weight is 226 g/mol. The number of benzene rings is 1. The Bertz CT molecular complexity index is 553. The highest BCUT2D eigenvalue weighted by Gasteiger charge is 2.02. The van der Waals surface area contributed by atoms with Crippen molar-refractivity contribution in [2.45, 2.75) is 6.92 Å². The van der Waals surface area contributed by atoms with E-state index in [0.29, 0.717) is 5.56 Å². The maximum atomic E-state index is 11.8. The van der Waals surface area contributed by atoms with Crippen LogP contribution in [0.15, 0.2) is 42.6 Å². The molecule has 3 heteroatoms. The van der Waals surface area contributed by atoms with Crippen molar-refractivity contribution in [3.63, 3.8) is 0 Å². The number of aromatic nitrogens is 2. The first-order chi connectivity index (χ1) is 8.18. The van der Waals surface area contributed by atoms with Crippen molar-refractivity contribution < 1.29 is 4.79 Å². The zero-order valence-corrected chi connectivity index (χ0v) is 9.92. The Morgan fingerprint density at radius 1 is 1.29 bits per heavy atom.